The minimum absolute atomic E-state index is 0.0291. The van der Waals surface area contributed by atoms with Gasteiger partial charge in [0.05, 0.1) is 18.4 Å². The molecule has 2 N–H and O–H groups in total. The fraction of sp³-hybridized carbons (Fsp3) is 0.586. The van der Waals surface area contributed by atoms with Gasteiger partial charge in [-0.25, -0.2) is 15.3 Å². The molecule has 2 aromatic heterocycles. The molecule has 2 aromatic rings. The van der Waals surface area contributed by atoms with E-state index in [0.29, 0.717) is 55.1 Å². The molecule has 0 aliphatic carbocycles. The van der Waals surface area contributed by atoms with Gasteiger partial charge >= 0.3 is 6.03 Å². The second-order valence-corrected chi connectivity index (χ2v) is 12.0. The third-order valence-electron chi connectivity index (χ3n) is 7.84. The van der Waals surface area contributed by atoms with Crippen LogP contribution in [0.2, 0.25) is 0 Å². The Bertz CT molecular complexity index is 1150. The van der Waals surface area contributed by atoms with Crippen LogP contribution in [0.15, 0.2) is 22.9 Å². The van der Waals surface area contributed by atoms with E-state index in [2.05, 4.69) is 39.9 Å². The number of nitrogens with one attached hydrogen (secondary N) is 2. The number of aromatic nitrogens is 1. The van der Waals surface area contributed by atoms with Crippen molar-refractivity contribution in [3.63, 3.8) is 0 Å². The van der Waals surface area contributed by atoms with Crippen LogP contribution in [0, 0.1) is 19.8 Å². The van der Waals surface area contributed by atoms with E-state index in [4.69, 9.17) is 4.84 Å². The van der Waals surface area contributed by atoms with E-state index in [9.17, 15) is 14.4 Å². The summed E-state index contributed by atoms with van der Waals surface area (Å²) in [6.07, 6.45) is 2.65. The number of pyridine rings is 1. The summed E-state index contributed by atoms with van der Waals surface area (Å²) in [4.78, 5) is 54.1. The largest absolute Gasteiger partial charge is 0.351 e. The first-order chi connectivity index (χ1) is 19.2. The summed E-state index contributed by atoms with van der Waals surface area (Å²) in [5.74, 6) is 0.280. The van der Waals surface area contributed by atoms with Crippen molar-refractivity contribution in [1.82, 2.24) is 30.5 Å². The zero-order chi connectivity index (χ0) is 28.8. The lowest BCUT2D eigenvalue weighted by atomic mass is 9.97. The van der Waals surface area contributed by atoms with Crippen molar-refractivity contribution in [2.45, 2.75) is 65.6 Å². The summed E-state index contributed by atoms with van der Waals surface area (Å²) in [7, 11) is 1.45. The Morgan fingerprint density at radius 3 is 2.52 bits per heavy atom. The molecule has 0 atom stereocenters. The summed E-state index contributed by atoms with van der Waals surface area (Å²) < 4.78 is 0. The van der Waals surface area contributed by atoms with Gasteiger partial charge in [-0.1, -0.05) is 13.8 Å². The molecule has 40 heavy (non-hydrogen) atoms. The van der Waals surface area contributed by atoms with Crippen LogP contribution < -0.4 is 10.8 Å². The number of piperidine rings is 1. The fourth-order valence-electron chi connectivity index (χ4n) is 5.50. The number of rotatable bonds is 10. The van der Waals surface area contributed by atoms with Gasteiger partial charge in [-0.3, -0.25) is 19.3 Å². The Balaban J connectivity index is 1.29. The number of hydroxylamine groups is 1. The smallest absolute Gasteiger partial charge is 0.341 e. The van der Waals surface area contributed by atoms with E-state index in [1.165, 1.54) is 7.11 Å². The number of carbonyl (C=O) groups is 3. The number of urea groups is 1. The van der Waals surface area contributed by atoms with Crippen molar-refractivity contribution in [2.24, 2.45) is 5.92 Å². The molecule has 218 valence electrons. The average Bonchev–Trinajstić information content (AvgIpc) is 3.40. The van der Waals surface area contributed by atoms with Gasteiger partial charge in [-0.15, -0.1) is 0 Å². The molecule has 2 aliphatic rings. The van der Waals surface area contributed by atoms with Crippen molar-refractivity contribution >= 4 is 29.2 Å². The molecule has 0 unspecified atom stereocenters. The van der Waals surface area contributed by atoms with Crippen LogP contribution in [-0.4, -0.2) is 89.4 Å². The van der Waals surface area contributed by atoms with Gasteiger partial charge in [0.1, 0.15) is 5.69 Å². The summed E-state index contributed by atoms with van der Waals surface area (Å²) in [5, 5.41) is 7.01. The second-order valence-electron chi connectivity index (χ2n) is 11.2. The molecule has 4 amide bonds. The number of hydrogen-bond donors (Lipinski definition) is 2. The Kier molecular flexibility index (Phi) is 10.2. The summed E-state index contributed by atoms with van der Waals surface area (Å²) in [6, 6.07) is 3.98. The highest BCUT2D eigenvalue weighted by atomic mass is 32.1. The third kappa shape index (κ3) is 7.18. The molecule has 0 spiro atoms. The highest BCUT2D eigenvalue weighted by Crippen LogP contribution is 2.26. The Labute approximate surface area is 241 Å². The lowest BCUT2D eigenvalue weighted by molar-refractivity contribution is 0.00705. The normalized spacial score (nSPS) is 16.6. The number of nitrogens with zero attached hydrogens (tertiary/aromatic N) is 4. The van der Waals surface area contributed by atoms with Gasteiger partial charge in [0.2, 0.25) is 0 Å². The number of likely N-dealkylation sites (tertiary alicyclic amines) is 2. The van der Waals surface area contributed by atoms with E-state index >= 15 is 0 Å². The van der Waals surface area contributed by atoms with Crippen LogP contribution in [0.25, 0.3) is 0 Å². The minimum atomic E-state index is -0.217. The van der Waals surface area contributed by atoms with Crippen LogP contribution in [0.3, 0.4) is 0 Å². The van der Waals surface area contributed by atoms with Crippen molar-refractivity contribution in [1.29, 1.82) is 0 Å². The SMILES string of the molecule is CONC(=O)N(Cc1ccsc1)C1CCN(C2CN(C(=O)c3c(C)cc(C(=O)NCCC(C)C)nc3C)C2)CC1. The van der Waals surface area contributed by atoms with Gasteiger partial charge < -0.3 is 15.1 Å². The maximum absolute atomic E-state index is 13.4. The number of thiophene rings is 1. The molecule has 2 saturated heterocycles. The van der Waals surface area contributed by atoms with E-state index in [1.54, 1.807) is 24.3 Å². The first kappa shape index (κ1) is 30.0. The maximum atomic E-state index is 13.4. The topological polar surface area (TPSA) is 107 Å². The quantitative estimate of drug-likeness (QED) is 0.423. The summed E-state index contributed by atoms with van der Waals surface area (Å²) in [6.45, 7) is 12.2. The van der Waals surface area contributed by atoms with Crippen LogP contribution in [0.4, 0.5) is 4.79 Å². The van der Waals surface area contributed by atoms with E-state index in [1.807, 2.05) is 28.2 Å². The highest BCUT2D eigenvalue weighted by Gasteiger charge is 2.39. The molecule has 0 radical (unpaired) electrons. The maximum Gasteiger partial charge on any atom is 0.341 e. The lowest BCUT2D eigenvalue weighted by Crippen LogP contribution is -2.63. The number of aryl methyl sites for hydroxylation is 2. The first-order valence-electron chi connectivity index (χ1n) is 14.1. The second kappa shape index (κ2) is 13.6. The fourth-order valence-corrected chi connectivity index (χ4v) is 6.16. The van der Waals surface area contributed by atoms with Crippen LogP contribution in [-0.2, 0) is 11.4 Å². The monoisotopic (exact) mass is 570 g/mol. The highest BCUT2D eigenvalue weighted by molar-refractivity contribution is 7.07. The molecule has 11 heteroatoms. The van der Waals surface area contributed by atoms with Crippen LogP contribution in [0.5, 0.6) is 0 Å². The summed E-state index contributed by atoms with van der Waals surface area (Å²) >= 11 is 1.62. The van der Waals surface area contributed by atoms with Crippen molar-refractivity contribution in [3.05, 3.63) is 51.0 Å². The van der Waals surface area contributed by atoms with Gasteiger partial charge in [0.15, 0.2) is 0 Å². The van der Waals surface area contributed by atoms with E-state index in [-0.39, 0.29) is 23.9 Å². The van der Waals surface area contributed by atoms with E-state index < -0.39 is 0 Å². The molecule has 0 aromatic carbocycles. The minimum Gasteiger partial charge on any atom is -0.351 e. The third-order valence-corrected chi connectivity index (χ3v) is 8.57. The van der Waals surface area contributed by atoms with Gasteiger partial charge in [-0.05, 0) is 73.0 Å². The molecule has 10 nitrogen and oxygen atoms in total. The average molecular weight is 571 g/mol. The Morgan fingerprint density at radius 1 is 1.20 bits per heavy atom. The van der Waals surface area contributed by atoms with Gasteiger partial charge in [-0.2, -0.15) is 11.3 Å². The zero-order valence-electron chi connectivity index (χ0n) is 24.2. The molecule has 0 saturated carbocycles. The predicted octanol–water partition coefficient (Wildman–Crippen LogP) is 3.60. The lowest BCUT2D eigenvalue weighted by Gasteiger charge is -2.48. The number of hydrogen-bond acceptors (Lipinski definition) is 7. The van der Waals surface area contributed by atoms with E-state index in [0.717, 1.165) is 43.5 Å². The Morgan fingerprint density at radius 2 is 1.93 bits per heavy atom. The van der Waals surface area contributed by atoms with Crippen molar-refractivity contribution in [2.75, 3.05) is 39.8 Å². The number of carbonyl (C=O) groups excluding carboxylic acids is 3. The molecule has 2 aliphatic heterocycles. The molecule has 2 fully saturated rings. The molecular weight excluding hydrogens is 528 g/mol. The zero-order valence-corrected chi connectivity index (χ0v) is 25.1. The molecule has 0 bridgehead atoms. The Hall–Kier alpha value is -3.02. The van der Waals surface area contributed by atoms with Crippen molar-refractivity contribution < 1.29 is 19.2 Å². The first-order valence-corrected chi connectivity index (χ1v) is 15.0. The molecular formula is C29H42N6O4S. The van der Waals surface area contributed by atoms with Gasteiger partial charge in [0, 0.05) is 51.4 Å². The number of amides is 4. The van der Waals surface area contributed by atoms with Gasteiger partial charge in [0.25, 0.3) is 11.8 Å². The summed E-state index contributed by atoms with van der Waals surface area (Å²) in [5.41, 5.74) is 5.90. The molecule has 4 rings (SSSR count). The van der Waals surface area contributed by atoms with Crippen LogP contribution in [0.1, 0.15) is 70.8 Å². The van der Waals surface area contributed by atoms with Crippen LogP contribution >= 0.6 is 11.3 Å². The predicted molar refractivity (Wildman–Crippen MR) is 155 cm³/mol. The standard InChI is InChI=1S/C29H42N6O4S/c1-19(2)6-10-30-27(36)25-14-20(3)26(21(4)31-25)28(37)34-16-24(17-34)33-11-7-23(8-12-33)35(29(38)32-39-5)15-22-9-13-40-18-22/h9,13-14,18-19,23-24H,6-8,10-12,15-17H2,1-5H3,(H,30,36)(H,32,38). The molecule has 4 heterocycles. The van der Waals surface area contributed by atoms with Crippen molar-refractivity contribution in [3.8, 4) is 0 Å².